The molecule has 2 atom stereocenters. The molecule has 13 heteroatoms. The van der Waals surface area contributed by atoms with Crippen LogP contribution >= 0.6 is 31.9 Å². The van der Waals surface area contributed by atoms with Crippen LogP contribution in [0, 0.1) is 0 Å². The van der Waals surface area contributed by atoms with Gasteiger partial charge in [0, 0.05) is 15.7 Å². The Morgan fingerprint density at radius 2 is 1.90 bits per heavy atom. The van der Waals surface area contributed by atoms with Crippen LogP contribution in [0.5, 0.6) is 17.2 Å². The number of ether oxygens (including phenoxy) is 4. The number of carbonyl (C=O) groups is 2. The van der Waals surface area contributed by atoms with Gasteiger partial charge in [-0.05, 0) is 66.5 Å². The monoisotopic (exact) mass is 668 g/mol. The van der Waals surface area contributed by atoms with Crippen LogP contribution in [0.25, 0.3) is 0 Å². The van der Waals surface area contributed by atoms with Gasteiger partial charge in [-0.1, -0.05) is 22.0 Å². The number of esters is 1. The van der Waals surface area contributed by atoms with Crippen LogP contribution in [0.3, 0.4) is 0 Å². The van der Waals surface area contributed by atoms with Gasteiger partial charge in [0.1, 0.15) is 12.4 Å². The van der Waals surface area contributed by atoms with E-state index < -0.39 is 24.3 Å². The van der Waals surface area contributed by atoms with E-state index in [0.29, 0.717) is 47.3 Å². The largest absolute Gasteiger partial charge is 0.492 e. The van der Waals surface area contributed by atoms with Gasteiger partial charge in [0.05, 0.1) is 42.6 Å². The number of aliphatic hydroxyl groups excluding tert-OH is 1. The van der Waals surface area contributed by atoms with Gasteiger partial charge >= 0.3 is 12.0 Å². The fourth-order valence-corrected chi connectivity index (χ4v) is 5.16. The Hall–Kier alpha value is -3.29. The maximum atomic E-state index is 12.4. The highest BCUT2D eigenvalue weighted by Crippen LogP contribution is 2.35. The zero-order valence-electron chi connectivity index (χ0n) is 21.8. The number of nitrogens with zero attached hydrogens (tertiary/aromatic N) is 1. The van der Waals surface area contributed by atoms with Crippen molar-refractivity contribution in [3.8, 4) is 17.2 Å². The number of rotatable bonds is 12. The van der Waals surface area contributed by atoms with Gasteiger partial charge in [0.2, 0.25) is 0 Å². The van der Waals surface area contributed by atoms with Crippen LogP contribution in [0.15, 0.2) is 55.6 Å². The average Bonchev–Trinajstić information content (AvgIpc) is 2.89. The summed E-state index contributed by atoms with van der Waals surface area (Å²) >= 11 is 6.91. The molecule has 0 aromatic heterocycles. The number of hydrazone groups is 1. The molecular weight excluding hydrogens is 640 g/mol. The summed E-state index contributed by atoms with van der Waals surface area (Å²) in [6.45, 7) is 6.00. The van der Waals surface area contributed by atoms with Gasteiger partial charge in [-0.15, -0.1) is 0 Å². The molecule has 4 N–H and O–H groups in total. The molecule has 39 heavy (non-hydrogen) atoms. The molecular formula is C26H30Br2N4O7. The lowest BCUT2D eigenvalue weighted by Crippen LogP contribution is -2.45. The predicted octanol–water partition coefficient (Wildman–Crippen LogP) is 4.13. The summed E-state index contributed by atoms with van der Waals surface area (Å²) in [5, 5.41) is 19.8. The van der Waals surface area contributed by atoms with E-state index >= 15 is 0 Å². The van der Waals surface area contributed by atoms with Crippen molar-refractivity contribution in [1.29, 1.82) is 0 Å². The zero-order valence-corrected chi connectivity index (χ0v) is 25.0. The van der Waals surface area contributed by atoms with Gasteiger partial charge in [-0.2, -0.15) is 5.10 Å². The highest BCUT2D eigenvalue weighted by atomic mass is 79.9. The van der Waals surface area contributed by atoms with Crippen molar-refractivity contribution in [2.75, 3.05) is 26.9 Å². The second-order valence-corrected chi connectivity index (χ2v) is 9.92. The minimum absolute atomic E-state index is 0.145. The van der Waals surface area contributed by atoms with E-state index in [2.05, 4.69) is 53.0 Å². The highest BCUT2D eigenvalue weighted by Gasteiger charge is 2.32. The number of halogens is 2. The number of carbonyl (C=O) groups excluding carboxylic acids is 2. The Morgan fingerprint density at radius 3 is 2.59 bits per heavy atom. The number of allylic oxidation sites excluding steroid dienone is 1. The maximum absolute atomic E-state index is 12.4. The number of hydrogen-bond acceptors (Lipinski definition) is 9. The third-order valence-corrected chi connectivity index (χ3v) is 6.47. The Kier molecular flexibility index (Phi) is 11.0. The lowest BCUT2D eigenvalue weighted by Gasteiger charge is -2.28. The van der Waals surface area contributed by atoms with Crippen molar-refractivity contribution >= 4 is 50.1 Å². The van der Waals surface area contributed by atoms with Crippen LogP contribution in [0.4, 0.5) is 4.79 Å². The van der Waals surface area contributed by atoms with Gasteiger partial charge in [0.15, 0.2) is 17.7 Å². The van der Waals surface area contributed by atoms with Crippen LogP contribution in [0.1, 0.15) is 37.9 Å². The molecule has 2 aromatic carbocycles. The predicted molar refractivity (Wildman–Crippen MR) is 152 cm³/mol. The van der Waals surface area contributed by atoms with Gasteiger partial charge in [-0.3, -0.25) is 5.43 Å². The molecule has 1 aliphatic rings. The average molecular weight is 670 g/mol. The normalized spacial score (nSPS) is 15.9. The molecule has 0 unspecified atom stereocenters. The first-order chi connectivity index (χ1) is 18.7. The van der Waals surface area contributed by atoms with Crippen molar-refractivity contribution in [3.63, 3.8) is 0 Å². The van der Waals surface area contributed by atoms with Crippen molar-refractivity contribution in [2.45, 2.75) is 33.0 Å². The number of amides is 2. The van der Waals surface area contributed by atoms with Gasteiger partial charge in [-0.25, -0.2) is 9.59 Å². The van der Waals surface area contributed by atoms with Crippen LogP contribution < -0.4 is 30.3 Å². The minimum Gasteiger partial charge on any atom is -0.492 e. The summed E-state index contributed by atoms with van der Waals surface area (Å²) in [5.41, 5.74) is 4.58. The molecule has 0 saturated heterocycles. The Labute approximate surface area is 243 Å². The Morgan fingerprint density at radius 1 is 1.15 bits per heavy atom. The number of hydrogen-bond donors (Lipinski definition) is 4. The molecule has 0 fully saturated rings. The number of aliphatic hydroxyl groups is 1. The summed E-state index contributed by atoms with van der Waals surface area (Å²) in [6.07, 6.45) is 0.396. The van der Waals surface area contributed by atoms with Crippen molar-refractivity contribution in [1.82, 2.24) is 16.1 Å². The molecule has 1 aliphatic heterocycles. The molecule has 11 nitrogen and oxygen atoms in total. The molecule has 0 aliphatic carbocycles. The molecule has 0 spiro atoms. The molecule has 210 valence electrons. The number of urea groups is 1. The number of nitrogens with one attached hydrogen (secondary N) is 3. The van der Waals surface area contributed by atoms with Crippen LogP contribution in [0.2, 0.25) is 0 Å². The summed E-state index contributed by atoms with van der Waals surface area (Å²) in [4.78, 5) is 24.5. The molecule has 3 rings (SSSR count). The van der Waals surface area contributed by atoms with E-state index in [9.17, 15) is 14.7 Å². The SMILES string of the molecule is CCOc1cc([C@@H]2NC(=O)NC(C)=C2C(=O)OC)ccc1OC[C@H](O)N/N=C/c1cc(Br)cc(Br)c1OCC. The van der Waals surface area contributed by atoms with E-state index in [1.54, 1.807) is 25.1 Å². The lowest BCUT2D eigenvalue weighted by molar-refractivity contribution is -0.136. The van der Waals surface area contributed by atoms with E-state index in [0.717, 1.165) is 8.95 Å². The molecule has 1 heterocycles. The molecule has 2 amide bonds. The molecule has 0 bridgehead atoms. The fraction of sp³-hybridized carbons (Fsp3) is 0.346. The molecule has 0 saturated carbocycles. The first-order valence-corrected chi connectivity index (χ1v) is 13.6. The molecule has 0 radical (unpaired) electrons. The minimum atomic E-state index is -1.14. The highest BCUT2D eigenvalue weighted by molar-refractivity contribution is 9.11. The van der Waals surface area contributed by atoms with Crippen molar-refractivity contribution < 1.29 is 33.6 Å². The number of benzene rings is 2. The molecule has 2 aromatic rings. The van der Waals surface area contributed by atoms with Crippen LogP contribution in [-0.4, -0.2) is 56.5 Å². The van der Waals surface area contributed by atoms with Gasteiger partial charge < -0.3 is 34.7 Å². The fourth-order valence-electron chi connectivity index (χ4n) is 3.79. The smallest absolute Gasteiger partial charge is 0.337 e. The third-order valence-electron chi connectivity index (χ3n) is 5.43. The van der Waals surface area contributed by atoms with Crippen molar-refractivity contribution in [2.24, 2.45) is 5.10 Å². The number of methoxy groups -OCH3 is 1. The first-order valence-electron chi connectivity index (χ1n) is 12.0. The van der Waals surface area contributed by atoms with E-state index in [1.165, 1.54) is 13.3 Å². The summed E-state index contributed by atoms with van der Waals surface area (Å²) in [5.74, 6) is 0.798. The standard InChI is InChI=1S/C26H30Br2N4O7/c1-5-37-20-10-15(23-22(25(34)36-4)14(3)30-26(35)31-23)7-8-19(20)39-13-21(33)32-29-12-16-9-17(27)11-18(28)24(16)38-6-2/h7-12,21,23,32-33H,5-6,13H2,1-4H3,(H2,30,31,35)/b29-12+/t21-,23-/m0/s1. The summed E-state index contributed by atoms with van der Waals surface area (Å²) in [6, 6.07) is 7.52. The topological polar surface area (TPSA) is 140 Å². The Balaban J connectivity index is 1.72. The van der Waals surface area contributed by atoms with Gasteiger partial charge in [0.25, 0.3) is 0 Å². The van der Waals surface area contributed by atoms with E-state index in [1.807, 2.05) is 26.0 Å². The maximum Gasteiger partial charge on any atom is 0.337 e. The Bertz CT molecular complexity index is 1270. The van der Waals surface area contributed by atoms with E-state index in [-0.39, 0.29) is 12.2 Å². The lowest BCUT2D eigenvalue weighted by atomic mass is 9.95. The first kappa shape index (κ1) is 30.3. The quantitative estimate of drug-likeness (QED) is 0.115. The van der Waals surface area contributed by atoms with E-state index in [4.69, 9.17) is 18.9 Å². The summed E-state index contributed by atoms with van der Waals surface area (Å²) in [7, 11) is 1.28. The van der Waals surface area contributed by atoms with Crippen LogP contribution in [-0.2, 0) is 9.53 Å². The third kappa shape index (κ3) is 7.87. The zero-order chi connectivity index (χ0) is 28.5. The summed E-state index contributed by atoms with van der Waals surface area (Å²) < 4.78 is 23.7. The second kappa shape index (κ2) is 14.2. The van der Waals surface area contributed by atoms with Crippen molar-refractivity contribution in [3.05, 3.63) is 61.7 Å². The second-order valence-electron chi connectivity index (χ2n) is 8.15.